The maximum atomic E-state index is 11.6. The van der Waals surface area contributed by atoms with Gasteiger partial charge in [-0.15, -0.1) is 0 Å². The molecule has 0 unspecified atom stereocenters. The Bertz CT molecular complexity index is 1400. The highest BCUT2D eigenvalue weighted by Crippen LogP contribution is 2.37. The number of primary amides is 1. The van der Waals surface area contributed by atoms with Crippen LogP contribution in [0.2, 0.25) is 0 Å². The normalized spacial score (nSPS) is 13.9. The summed E-state index contributed by atoms with van der Waals surface area (Å²) in [7, 11) is 1.51. The van der Waals surface area contributed by atoms with Crippen molar-refractivity contribution < 1.29 is 23.7 Å². The summed E-state index contributed by atoms with van der Waals surface area (Å²) in [6, 6.07) is 8.63. The van der Waals surface area contributed by atoms with E-state index < -0.39 is 5.91 Å². The van der Waals surface area contributed by atoms with E-state index in [4.69, 9.17) is 29.7 Å². The van der Waals surface area contributed by atoms with E-state index in [2.05, 4.69) is 20.3 Å². The Kier molecular flexibility index (Phi) is 7.04. The van der Waals surface area contributed by atoms with Crippen LogP contribution in [-0.2, 0) is 4.74 Å². The lowest BCUT2D eigenvalue weighted by Crippen LogP contribution is -2.26. The molecule has 1 fully saturated rings. The molecule has 5 rings (SSSR count). The Labute approximate surface area is 213 Å². The minimum absolute atomic E-state index is 0.0368. The fourth-order valence-corrected chi connectivity index (χ4v) is 4.16. The zero-order valence-electron chi connectivity index (χ0n) is 20.6. The number of pyridine rings is 1. The number of fused-ring (bicyclic) bond motifs is 1. The molecule has 0 bridgehead atoms. The first-order valence-corrected chi connectivity index (χ1v) is 12.0. The molecule has 4 aromatic rings. The minimum Gasteiger partial charge on any atom is -0.495 e. The first kappa shape index (κ1) is 24.3. The number of benzene rings is 1. The van der Waals surface area contributed by atoms with Crippen LogP contribution in [0.5, 0.6) is 17.5 Å². The SMILES string of the molecule is CCOc1ccc(-c2c[nH]c3nc(Nc4ccc(C(N)=O)cc4OC)nc(OC4CCOCC4)c23)cn1. The molecule has 0 aliphatic carbocycles. The number of nitrogens with one attached hydrogen (secondary N) is 2. The van der Waals surface area contributed by atoms with Crippen molar-refractivity contribution in [3.63, 3.8) is 0 Å². The Morgan fingerprint density at radius 2 is 2.05 bits per heavy atom. The second-order valence-corrected chi connectivity index (χ2v) is 8.43. The molecule has 0 atom stereocenters. The van der Waals surface area contributed by atoms with Gasteiger partial charge >= 0.3 is 0 Å². The van der Waals surface area contributed by atoms with Crippen LogP contribution >= 0.6 is 0 Å². The monoisotopic (exact) mass is 504 g/mol. The average molecular weight is 505 g/mol. The third-order valence-corrected chi connectivity index (χ3v) is 6.02. The van der Waals surface area contributed by atoms with Crippen LogP contribution in [0.4, 0.5) is 11.6 Å². The Balaban J connectivity index is 1.54. The van der Waals surface area contributed by atoms with Gasteiger partial charge in [0.15, 0.2) is 0 Å². The number of anilines is 2. The van der Waals surface area contributed by atoms with E-state index in [1.165, 1.54) is 7.11 Å². The predicted molar refractivity (Wildman–Crippen MR) is 138 cm³/mol. The Morgan fingerprint density at radius 3 is 2.76 bits per heavy atom. The summed E-state index contributed by atoms with van der Waals surface area (Å²) in [6.07, 6.45) is 5.11. The summed E-state index contributed by atoms with van der Waals surface area (Å²) in [5, 5.41) is 3.93. The molecule has 1 aliphatic heterocycles. The maximum absolute atomic E-state index is 11.6. The van der Waals surface area contributed by atoms with E-state index >= 15 is 0 Å². The number of methoxy groups -OCH3 is 1. The average Bonchev–Trinajstić information content (AvgIpc) is 3.34. The molecule has 3 aromatic heterocycles. The van der Waals surface area contributed by atoms with Gasteiger partial charge in [-0.05, 0) is 31.2 Å². The number of nitrogens with two attached hydrogens (primary N) is 1. The number of hydrogen-bond donors (Lipinski definition) is 3. The molecule has 1 saturated heterocycles. The summed E-state index contributed by atoms with van der Waals surface area (Å²) in [6.45, 7) is 3.73. The number of ether oxygens (including phenoxy) is 4. The second-order valence-electron chi connectivity index (χ2n) is 8.43. The number of nitrogens with zero attached hydrogens (tertiary/aromatic N) is 3. The molecule has 4 N–H and O–H groups in total. The first-order valence-electron chi connectivity index (χ1n) is 12.0. The van der Waals surface area contributed by atoms with Gasteiger partial charge in [0, 0.05) is 48.0 Å². The molecule has 0 spiro atoms. The van der Waals surface area contributed by atoms with Crippen molar-refractivity contribution in [2.75, 3.05) is 32.2 Å². The lowest BCUT2D eigenvalue weighted by Gasteiger charge is -2.23. The lowest BCUT2D eigenvalue weighted by atomic mass is 10.1. The third-order valence-electron chi connectivity index (χ3n) is 6.02. The molecule has 192 valence electrons. The molecule has 0 saturated carbocycles. The van der Waals surface area contributed by atoms with Crippen molar-refractivity contribution in [3.05, 3.63) is 48.3 Å². The first-order chi connectivity index (χ1) is 18.1. The van der Waals surface area contributed by atoms with Gasteiger partial charge in [0.05, 0.1) is 38.0 Å². The zero-order chi connectivity index (χ0) is 25.8. The summed E-state index contributed by atoms with van der Waals surface area (Å²) >= 11 is 0. The molecular weight excluding hydrogens is 476 g/mol. The van der Waals surface area contributed by atoms with Gasteiger partial charge in [-0.2, -0.15) is 9.97 Å². The number of aromatic nitrogens is 4. The summed E-state index contributed by atoms with van der Waals surface area (Å²) in [5.74, 6) is 1.19. The molecule has 1 amide bonds. The molecular formula is C26H28N6O5. The van der Waals surface area contributed by atoms with Gasteiger partial charge in [0.2, 0.25) is 23.6 Å². The van der Waals surface area contributed by atoms with Crippen LogP contribution in [0.25, 0.3) is 22.2 Å². The molecule has 37 heavy (non-hydrogen) atoms. The van der Waals surface area contributed by atoms with Crippen molar-refractivity contribution >= 4 is 28.6 Å². The number of rotatable bonds is 9. The van der Waals surface area contributed by atoms with Gasteiger partial charge in [-0.1, -0.05) is 0 Å². The largest absolute Gasteiger partial charge is 0.495 e. The summed E-state index contributed by atoms with van der Waals surface area (Å²) in [5.41, 5.74) is 8.64. The Hall–Kier alpha value is -4.38. The van der Waals surface area contributed by atoms with E-state index in [9.17, 15) is 4.79 Å². The van der Waals surface area contributed by atoms with Crippen LogP contribution in [0.15, 0.2) is 42.7 Å². The van der Waals surface area contributed by atoms with Gasteiger partial charge in [-0.3, -0.25) is 4.79 Å². The van der Waals surface area contributed by atoms with Crippen molar-refractivity contribution in [1.82, 2.24) is 19.9 Å². The predicted octanol–water partition coefficient (Wildman–Crippen LogP) is 3.83. The summed E-state index contributed by atoms with van der Waals surface area (Å²) < 4.78 is 22.8. The van der Waals surface area contributed by atoms with Crippen molar-refractivity contribution in [3.8, 4) is 28.6 Å². The Morgan fingerprint density at radius 1 is 1.22 bits per heavy atom. The fourth-order valence-electron chi connectivity index (χ4n) is 4.16. The fraction of sp³-hybridized carbons (Fsp3) is 0.308. The summed E-state index contributed by atoms with van der Waals surface area (Å²) in [4.78, 5) is 28.6. The van der Waals surface area contributed by atoms with Crippen molar-refractivity contribution in [2.45, 2.75) is 25.9 Å². The number of aromatic amines is 1. The van der Waals surface area contributed by atoms with Crippen molar-refractivity contribution in [1.29, 1.82) is 0 Å². The molecule has 11 heteroatoms. The van der Waals surface area contributed by atoms with Crippen LogP contribution < -0.4 is 25.3 Å². The van der Waals surface area contributed by atoms with Gasteiger partial charge < -0.3 is 35.0 Å². The molecule has 1 aliphatic rings. The van der Waals surface area contributed by atoms with Crippen LogP contribution in [0, 0.1) is 0 Å². The minimum atomic E-state index is -0.544. The number of hydrogen-bond acceptors (Lipinski definition) is 9. The quantitative estimate of drug-likeness (QED) is 0.309. The maximum Gasteiger partial charge on any atom is 0.248 e. The highest BCUT2D eigenvalue weighted by molar-refractivity contribution is 5.98. The van der Waals surface area contributed by atoms with E-state index in [1.54, 1.807) is 24.4 Å². The van der Waals surface area contributed by atoms with Crippen LogP contribution in [-0.4, -0.2) is 58.9 Å². The van der Waals surface area contributed by atoms with E-state index in [0.29, 0.717) is 60.2 Å². The number of amides is 1. The molecule has 1 aromatic carbocycles. The molecule has 4 heterocycles. The van der Waals surface area contributed by atoms with E-state index in [1.807, 2.05) is 25.3 Å². The number of carbonyl (C=O) groups is 1. The van der Waals surface area contributed by atoms with Crippen LogP contribution in [0.3, 0.4) is 0 Å². The number of H-pyrrole nitrogens is 1. The van der Waals surface area contributed by atoms with Gasteiger partial charge in [0.1, 0.15) is 17.5 Å². The lowest BCUT2D eigenvalue weighted by molar-refractivity contribution is 0.0244. The standard InChI is InChI=1S/C26H28N6O5/c1-3-36-21-7-5-16(13-28-21)18-14-29-24-22(18)25(37-17-8-10-35-11-9-17)32-26(31-24)30-19-6-4-15(23(27)33)12-20(19)34-2/h4-7,12-14,17H,3,8-11H2,1-2H3,(H2,27,33)(H2,29,30,31,32). The smallest absolute Gasteiger partial charge is 0.248 e. The third kappa shape index (κ3) is 5.26. The van der Waals surface area contributed by atoms with Crippen LogP contribution in [0.1, 0.15) is 30.1 Å². The van der Waals surface area contributed by atoms with E-state index in [-0.39, 0.29) is 6.10 Å². The van der Waals surface area contributed by atoms with Crippen molar-refractivity contribution in [2.24, 2.45) is 5.73 Å². The van der Waals surface area contributed by atoms with E-state index in [0.717, 1.165) is 29.4 Å². The van der Waals surface area contributed by atoms with Gasteiger partial charge in [-0.25, -0.2) is 4.98 Å². The molecule has 11 nitrogen and oxygen atoms in total. The second kappa shape index (κ2) is 10.7. The van der Waals surface area contributed by atoms with Gasteiger partial charge in [0.25, 0.3) is 0 Å². The zero-order valence-corrected chi connectivity index (χ0v) is 20.6. The highest BCUT2D eigenvalue weighted by atomic mass is 16.5. The topological polar surface area (TPSA) is 146 Å². The number of carbonyl (C=O) groups excluding carboxylic acids is 1. The molecule has 0 radical (unpaired) electrons. The highest BCUT2D eigenvalue weighted by Gasteiger charge is 2.22.